The number of methoxy groups -OCH3 is 1. The van der Waals surface area contributed by atoms with Crippen LogP contribution in [0.4, 0.5) is 0 Å². The summed E-state index contributed by atoms with van der Waals surface area (Å²) >= 11 is 0. The molecule has 0 amide bonds. The third-order valence-corrected chi connectivity index (χ3v) is 5.15. The van der Waals surface area contributed by atoms with Crippen molar-refractivity contribution in [1.29, 1.82) is 0 Å². The number of pyridine rings is 1. The number of rotatable bonds is 3. The predicted octanol–water partition coefficient (Wildman–Crippen LogP) is 4.45. The Kier molecular flexibility index (Phi) is 3.93. The van der Waals surface area contributed by atoms with Crippen molar-refractivity contribution in [3.63, 3.8) is 0 Å². The molecule has 1 aliphatic carbocycles. The molecule has 1 saturated carbocycles. The Hall–Kier alpha value is -2.42. The monoisotopic (exact) mass is 318 g/mol. The van der Waals surface area contributed by atoms with Crippen LogP contribution in [-0.2, 0) is 0 Å². The summed E-state index contributed by atoms with van der Waals surface area (Å²) in [4.78, 5) is 9.32. The average molecular weight is 318 g/mol. The second-order valence-electron chi connectivity index (χ2n) is 6.71. The van der Waals surface area contributed by atoms with Crippen LogP contribution in [0.25, 0.3) is 6.08 Å². The van der Waals surface area contributed by atoms with Crippen LogP contribution in [0.1, 0.15) is 36.0 Å². The number of benzene rings is 1. The van der Waals surface area contributed by atoms with Crippen molar-refractivity contribution in [3.05, 3.63) is 65.0 Å². The fraction of sp³-hybridized carbons (Fsp3) is 0.333. The lowest BCUT2D eigenvalue weighted by Gasteiger charge is -2.23. The Morgan fingerprint density at radius 2 is 2.12 bits per heavy atom. The van der Waals surface area contributed by atoms with Crippen molar-refractivity contribution < 1.29 is 4.74 Å². The SMILES string of the molecule is COc1ccc(/C=C2/C(c3cccnc3)=N[C@@H]3CC[C@H]2C3)c(C)c1. The van der Waals surface area contributed by atoms with E-state index in [4.69, 9.17) is 9.73 Å². The van der Waals surface area contributed by atoms with Gasteiger partial charge in [-0.15, -0.1) is 0 Å². The van der Waals surface area contributed by atoms with E-state index < -0.39 is 0 Å². The molecular weight excluding hydrogens is 296 g/mol. The molecule has 2 heterocycles. The third-order valence-electron chi connectivity index (χ3n) is 5.15. The maximum absolute atomic E-state index is 5.33. The zero-order valence-electron chi connectivity index (χ0n) is 14.2. The normalized spacial score (nSPS) is 24.1. The van der Waals surface area contributed by atoms with Crippen LogP contribution < -0.4 is 4.74 Å². The van der Waals surface area contributed by atoms with Crippen molar-refractivity contribution in [3.8, 4) is 5.75 Å². The summed E-state index contributed by atoms with van der Waals surface area (Å²) in [6, 6.07) is 10.9. The number of aryl methyl sites for hydroxylation is 1. The first-order valence-corrected chi connectivity index (χ1v) is 8.59. The number of allylic oxidation sites excluding steroid dienone is 1. The molecule has 2 aliphatic rings. The number of hydrogen-bond donors (Lipinski definition) is 0. The molecule has 122 valence electrons. The first kappa shape index (κ1) is 15.1. The topological polar surface area (TPSA) is 34.5 Å². The largest absolute Gasteiger partial charge is 0.497 e. The lowest BCUT2D eigenvalue weighted by molar-refractivity contribution is 0.414. The van der Waals surface area contributed by atoms with Crippen LogP contribution in [0.15, 0.2) is 53.3 Å². The lowest BCUT2D eigenvalue weighted by atomic mass is 9.86. The van der Waals surface area contributed by atoms with Crippen molar-refractivity contribution in [2.45, 2.75) is 32.2 Å². The molecule has 1 aromatic carbocycles. The Morgan fingerprint density at radius 1 is 1.21 bits per heavy atom. The van der Waals surface area contributed by atoms with Crippen LogP contribution in [0, 0.1) is 12.8 Å². The molecule has 0 N–H and O–H groups in total. The van der Waals surface area contributed by atoms with Crippen molar-refractivity contribution in [1.82, 2.24) is 4.98 Å². The van der Waals surface area contributed by atoms with Gasteiger partial charge in [0.1, 0.15) is 5.75 Å². The van der Waals surface area contributed by atoms with E-state index >= 15 is 0 Å². The van der Waals surface area contributed by atoms with Crippen molar-refractivity contribution >= 4 is 11.8 Å². The summed E-state index contributed by atoms with van der Waals surface area (Å²) in [6.45, 7) is 2.14. The van der Waals surface area contributed by atoms with Gasteiger partial charge in [-0.05, 0) is 79.1 Å². The lowest BCUT2D eigenvalue weighted by Crippen LogP contribution is -2.20. The summed E-state index contributed by atoms with van der Waals surface area (Å²) < 4.78 is 5.33. The van der Waals surface area contributed by atoms with Gasteiger partial charge in [-0.25, -0.2) is 0 Å². The molecule has 0 radical (unpaired) electrons. The van der Waals surface area contributed by atoms with E-state index in [-0.39, 0.29) is 0 Å². The molecule has 4 rings (SSSR count). The van der Waals surface area contributed by atoms with E-state index in [2.05, 4.69) is 36.2 Å². The van der Waals surface area contributed by atoms with Gasteiger partial charge >= 0.3 is 0 Å². The number of aliphatic imine (C=N–C) groups is 1. The first-order chi connectivity index (χ1) is 11.7. The highest BCUT2D eigenvalue weighted by Crippen LogP contribution is 2.40. The molecule has 2 bridgehead atoms. The molecule has 1 aliphatic heterocycles. The van der Waals surface area contributed by atoms with Gasteiger partial charge in [0.25, 0.3) is 0 Å². The molecular formula is C21H22N2O. The molecule has 0 spiro atoms. The number of aromatic nitrogens is 1. The highest BCUT2D eigenvalue weighted by atomic mass is 16.5. The summed E-state index contributed by atoms with van der Waals surface area (Å²) in [5.74, 6) is 1.52. The third kappa shape index (κ3) is 2.75. The van der Waals surface area contributed by atoms with E-state index in [0.717, 1.165) is 17.0 Å². The van der Waals surface area contributed by atoms with Crippen LogP contribution in [0.3, 0.4) is 0 Å². The van der Waals surface area contributed by atoms with Gasteiger partial charge < -0.3 is 4.74 Å². The maximum Gasteiger partial charge on any atom is 0.119 e. The molecule has 2 aromatic rings. The molecule has 3 nitrogen and oxygen atoms in total. The number of fused-ring (bicyclic) bond motifs is 2. The zero-order chi connectivity index (χ0) is 16.5. The quantitative estimate of drug-likeness (QED) is 0.837. The fourth-order valence-electron chi connectivity index (χ4n) is 3.84. The van der Waals surface area contributed by atoms with Crippen LogP contribution in [-0.4, -0.2) is 23.8 Å². The van der Waals surface area contributed by atoms with E-state index in [1.165, 1.54) is 36.0 Å². The Balaban J connectivity index is 1.79. The Bertz CT molecular complexity index is 808. The van der Waals surface area contributed by atoms with Gasteiger partial charge in [-0.1, -0.05) is 6.07 Å². The van der Waals surface area contributed by atoms with Crippen molar-refractivity contribution in [2.24, 2.45) is 10.9 Å². The number of hydrogen-bond acceptors (Lipinski definition) is 3. The molecule has 24 heavy (non-hydrogen) atoms. The molecule has 0 saturated heterocycles. The number of nitrogens with zero attached hydrogens (tertiary/aromatic N) is 2. The van der Waals surface area contributed by atoms with Gasteiger partial charge in [-0.2, -0.15) is 0 Å². The minimum absolute atomic E-state index is 0.485. The second-order valence-corrected chi connectivity index (χ2v) is 6.71. The first-order valence-electron chi connectivity index (χ1n) is 8.59. The van der Waals surface area contributed by atoms with E-state index in [1.807, 2.05) is 24.5 Å². The van der Waals surface area contributed by atoms with E-state index in [1.54, 1.807) is 7.11 Å². The van der Waals surface area contributed by atoms with Gasteiger partial charge in [0, 0.05) is 18.0 Å². The highest BCUT2D eigenvalue weighted by Gasteiger charge is 2.34. The summed E-state index contributed by atoms with van der Waals surface area (Å²) in [5, 5.41) is 0. The van der Waals surface area contributed by atoms with Gasteiger partial charge in [-0.3, -0.25) is 9.98 Å². The Morgan fingerprint density at radius 3 is 2.88 bits per heavy atom. The number of ether oxygens (including phenoxy) is 1. The fourth-order valence-corrected chi connectivity index (χ4v) is 3.84. The highest BCUT2D eigenvalue weighted by molar-refractivity contribution is 6.15. The molecule has 2 atom stereocenters. The predicted molar refractivity (Wildman–Crippen MR) is 97.6 cm³/mol. The molecule has 3 heteroatoms. The smallest absolute Gasteiger partial charge is 0.119 e. The molecule has 1 aromatic heterocycles. The van der Waals surface area contributed by atoms with Crippen LogP contribution in [0.5, 0.6) is 5.75 Å². The second kappa shape index (κ2) is 6.23. The van der Waals surface area contributed by atoms with Gasteiger partial charge in [0.05, 0.1) is 18.9 Å². The zero-order valence-corrected chi connectivity index (χ0v) is 14.2. The van der Waals surface area contributed by atoms with Crippen LogP contribution in [0.2, 0.25) is 0 Å². The maximum atomic E-state index is 5.33. The molecule has 0 unspecified atom stereocenters. The molecule has 1 fully saturated rings. The van der Waals surface area contributed by atoms with Gasteiger partial charge in [0.15, 0.2) is 0 Å². The minimum Gasteiger partial charge on any atom is -0.497 e. The summed E-state index contributed by atoms with van der Waals surface area (Å²) in [5.41, 5.74) is 6.11. The minimum atomic E-state index is 0.485. The summed E-state index contributed by atoms with van der Waals surface area (Å²) in [7, 11) is 1.71. The van der Waals surface area contributed by atoms with E-state index in [0.29, 0.717) is 12.0 Å². The Labute approximate surface area is 143 Å². The standard InChI is InChI=1S/C21H22N2O/c1-14-10-19(24-2)8-6-15(14)12-20-16-5-7-18(11-16)23-21(20)17-4-3-9-22-13-17/h3-4,6,8-10,12-13,16,18H,5,7,11H2,1-2H3/b20-12+/t16-,18+/m0/s1. The van der Waals surface area contributed by atoms with Crippen molar-refractivity contribution in [2.75, 3.05) is 7.11 Å². The summed E-state index contributed by atoms with van der Waals surface area (Å²) in [6.07, 6.45) is 9.70. The van der Waals surface area contributed by atoms with Gasteiger partial charge in [0.2, 0.25) is 0 Å². The van der Waals surface area contributed by atoms with E-state index in [9.17, 15) is 0 Å². The van der Waals surface area contributed by atoms with Crippen LogP contribution >= 0.6 is 0 Å². The average Bonchev–Trinajstić information content (AvgIpc) is 3.02.